The summed E-state index contributed by atoms with van der Waals surface area (Å²) in [6.07, 6.45) is 3.53. The molecule has 3 nitrogen and oxygen atoms in total. The number of hydrogen-bond acceptors (Lipinski definition) is 3. The van der Waals surface area contributed by atoms with Crippen molar-refractivity contribution in [3.63, 3.8) is 0 Å². The van der Waals surface area contributed by atoms with Crippen molar-refractivity contribution in [1.29, 1.82) is 0 Å². The van der Waals surface area contributed by atoms with Gasteiger partial charge in [0.25, 0.3) is 0 Å². The zero-order valence-corrected chi connectivity index (χ0v) is 9.40. The van der Waals surface area contributed by atoms with Crippen LogP contribution in [0.1, 0.15) is 36.3 Å². The third-order valence-electron chi connectivity index (χ3n) is 3.21. The molecule has 0 fully saturated rings. The number of benzene rings is 1. The normalized spacial score (nSPS) is 18.9. The zero-order chi connectivity index (χ0) is 11.5. The second kappa shape index (κ2) is 4.56. The van der Waals surface area contributed by atoms with Gasteiger partial charge in [-0.25, -0.2) is 0 Å². The molecular weight excluding hydrogens is 204 g/mol. The molecule has 1 aromatic carbocycles. The number of rotatable bonds is 2. The Labute approximate surface area is 95.0 Å². The Balaban J connectivity index is 2.24. The highest BCUT2D eigenvalue weighted by Crippen LogP contribution is 2.35. The van der Waals surface area contributed by atoms with Gasteiger partial charge in [0.1, 0.15) is 5.75 Å². The van der Waals surface area contributed by atoms with E-state index in [4.69, 9.17) is 4.74 Å². The quantitative estimate of drug-likeness (QED) is 0.778. The number of phenols is 1. The van der Waals surface area contributed by atoms with Gasteiger partial charge in [-0.2, -0.15) is 0 Å². The SMILES string of the molecule is COC(=O)C[C@@H]1CCCc2ccc(O)cc21. The minimum atomic E-state index is -0.179. The number of esters is 1. The number of carbonyl (C=O) groups excluding carboxylic acids is 1. The van der Waals surface area contributed by atoms with E-state index in [0.29, 0.717) is 6.42 Å². The fraction of sp³-hybridized carbons (Fsp3) is 0.462. The Bertz CT molecular complexity index is 398. The van der Waals surface area contributed by atoms with Crippen molar-refractivity contribution in [1.82, 2.24) is 0 Å². The summed E-state index contributed by atoms with van der Waals surface area (Å²) in [6, 6.07) is 5.44. The molecular formula is C13H16O3. The predicted octanol–water partition coefficient (Wildman–Crippen LogP) is 2.38. The molecule has 0 bridgehead atoms. The van der Waals surface area contributed by atoms with Crippen LogP contribution >= 0.6 is 0 Å². The highest BCUT2D eigenvalue weighted by molar-refractivity contribution is 5.70. The van der Waals surface area contributed by atoms with E-state index < -0.39 is 0 Å². The summed E-state index contributed by atoms with van der Waals surface area (Å²) in [5.74, 6) is 0.292. The van der Waals surface area contributed by atoms with E-state index in [1.807, 2.05) is 6.07 Å². The minimum Gasteiger partial charge on any atom is -0.508 e. The number of aromatic hydroxyl groups is 1. The van der Waals surface area contributed by atoms with Gasteiger partial charge in [0.05, 0.1) is 13.5 Å². The first-order chi connectivity index (χ1) is 7.70. The van der Waals surface area contributed by atoms with Crippen LogP contribution in [0.2, 0.25) is 0 Å². The highest BCUT2D eigenvalue weighted by Gasteiger charge is 2.23. The average molecular weight is 220 g/mol. The fourth-order valence-corrected chi connectivity index (χ4v) is 2.38. The van der Waals surface area contributed by atoms with E-state index in [2.05, 4.69) is 0 Å². The average Bonchev–Trinajstić information content (AvgIpc) is 2.29. The maximum absolute atomic E-state index is 11.3. The maximum atomic E-state index is 11.3. The smallest absolute Gasteiger partial charge is 0.306 e. The molecule has 0 radical (unpaired) electrons. The van der Waals surface area contributed by atoms with Crippen molar-refractivity contribution >= 4 is 5.97 Å². The van der Waals surface area contributed by atoms with Crippen LogP contribution in [0.4, 0.5) is 0 Å². The van der Waals surface area contributed by atoms with E-state index in [0.717, 1.165) is 24.8 Å². The third kappa shape index (κ3) is 2.18. The summed E-state index contributed by atoms with van der Waals surface area (Å²) in [6.45, 7) is 0. The minimum absolute atomic E-state index is 0.179. The first kappa shape index (κ1) is 11.0. The molecule has 2 rings (SSSR count). The van der Waals surface area contributed by atoms with E-state index in [9.17, 15) is 9.90 Å². The number of methoxy groups -OCH3 is 1. The van der Waals surface area contributed by atoms with E-state index in [1.54, 1.807) is 12.1 Å². The van der Waals surface area contributed by atoms with Crippen molar-refractivity contribution in [2.24, 2.45) is 0 Å². The molecule has 0 unspecified atom stereocenters. The van der Waals surface area contributed by atoms with Crippen molar-refractivity contribution in [2.75, 3.05) is 7.11 Å². The third-order valence-corrected chi connectivity index (χ3v) is 3.21. The highest BCUT2D eigenvalue weighted by atomic mass is 16.5. The molecule has 1 atom stereocenters. The number of aryl methyl sites for hydroxylation is 1. The summed E-state index contributed by atoms with van der Waals surface area (Å²) >= 11 is 0. The largest absolute Gasteiger partial charge is 0.508 e. The van der Waals surface area contributed by atoms with E-state index in [1.165, 1.54) is 12.7 Å². The summed E-state index contributed by atoms with van der Waals surface area (Å²) < 4.78 is 4.70. The Morgan fingerprint density at radius 1 is 1.56 bits per heavy atom. The molecule has 0 saturated heterocycles. The Kier molecular flexibility index (Phi) is 3.13. The van der Waals surface area contributed by atoms with Crippen molar-refractivity contribution in [2.45, 2.75) is 31.6 Å². The van der Waals surface area contributed by atoms with Crippen LogP contribution in [-0.2, 0) is 16.0 Å². The van der Waals surface area contributed by atoms with Crippen molar-refractivity contribution in [3.05, 3.63) is 29.3 Å². The Morgan fingerprint density at radius 2 is 2.38 bits per heavy atom. The topological polar surface area (TPSA) is 46.5 Å². The predicted molar refractivity (Wildman–Crippen MR) is 60.4 cm³/mol. The van der Waals surface area contributed by atoms with E-state index >= 15 is 0 Å². The van der Waals surface area contributed by atoms with Crippen LogP contribution in [-0.4, -0.2) is 18.2 Å². The van der Waals surface area contributed by atoms with Crippen LogP contribution in [0, 0.1) is 0 Å². The lowest BCUT2D eigenvalue weighted by molar-refractivity contribution is -0.141. The molecule has 86 valence electrons. The standard InChI is InChI=1S/C13H16O3/c1-16-13(15)7-10-4-2-3-9-5-6-11(14)8-12(9)10/h5-6,8,10,14H,2-4,7H2,1H3/t10-/m0/s1. The van der Waals surface area contributed by atoms with E-state index in [-0.39, 0.29) is 17.6 Å². The lowest BCUT2D eigenvalue weighted by Crippen LogP contribution is -2.14. The molecule has 0 aromatic heterocycles. The van der Waals surface area contributed by atoms with Gasteiger partial charge in [-0.3, -0.25) is 4.79 Å². The zero-order valence-electron chi connectivity index (χ0n) is 9.40. The monoisotopic (exact) mass is 220 g/mol. The van der Waals surface area contributed by atoms with Gasteiger partial charge in [0.15, 0.2) is 0 Å². The fourth-order valence-electron chi connectivity index (χ4n) is 2.38. The van der Waals surface area contributed by atoms with Crippen LogP contribution < -0.4 is 0 Å². The Morgan fingerprint density at radius 3 is 3.12 bits per heavy atom. The number of hydrogen-bond donors (Lipinski definition) is 1. The van der Waals surface area contributed by atoms with Crippen LogP contribution in [0.3, 0.4) is 0 Å². The molecule has 0 amide bonds. The molecule has 1 aromatic rings. The summed E-state index contributed by atoms with van der Waals surface area (Å²) in [5.41, 5.74) is 2.36. The second-order valence-electron chi connectivity index (χ2n) is 4.25. The number of fused-ring (bicyclic) bond motifs is 1. The van der Waals surface area contributed by atoms with Gasteiger partial charge in [-0.1, -0.05) is 6.07 Å². The molecule has 3 heteroatoms. The summed E-state index contributed by atoms with van der Waals surface area (Å²) in [4.78, 5) is 11.3. The van der Waals surface area contributed by atoms with Gasteiger partial charge in [-0.15, -0.1) is 0 Å². The maximum Gasteiger partial charge on any atom is 0.306 e. The first-order valence-electron chi connectivity index (χ1n) is 5.59. The molecule has 1 N–H and O–H groups in total. The molecule has 0 spiro atoms. The van der Waals surface area contributed by atoms with Crippen LogP contribution in [0.15, 0.2) is 18.2 Å². The number of phenolic OH excluding ortho intramolecular Hbond substituents is 1. The lowest BCUT2D eigenvalue weighted by atomic mass is 9.81. The van der Waals surface area contributed by atoms with Gasteiger partial charge >= 0.3 is 5.97 Å². The molecule has 0 aliphatic heterocycles. The van der Waals surface area contributed by atoms with Gasteiger partial charge in [0.2, 0.25) is 0 Å². The van der Waals surface area contributed by atoms with Gasteiger partial charge in [0, 0.05) is 0 Å². The molecule has 1 aliphatic carbocycles. The number of ether oxygens (including phenoxy) is 1. The number of carbonyl (C=O) groups is 1. The van der Waals surface area contributed by atoms with Crippen LogP contribution in [0.25, 0.3) is 0 Å². The summed E-state index contributed by atoms with van der Waals surface area (Å²) in [7, 11) is 1.41. The molecule has 0 heterocycles. The van der Waals surface area contributed by atoms with Gasteiger partial charge < -0.3 is 9.84 Å². The first-order valence-corrected chi connectivity index (χ1v) is 5.59. The molecule has 1 aliphatic rings. The van der Waals surface area contributed by atoms with Crippen LogP contribution in [0.5, 0.6) is 5.75 Å². The van der Waals surface area contributed by atoms with Gasteiger partial charge in [-0.05, 0) is 48.4 Å². The van der Waals surface area contributed by atoms with Crippen molar-refractivity contribution < 1.29 is 14.6 Å². The lowest BCUT2D eigenvalue weighted by Gasteiger charge is -2.24. The second-order valence-corrected chi connectivity index (χ2v) is 4.25. The van der Waals surface area contributed by atoms with Crippen molar-refractivity contribution in [3.8, 4) is 5.75 Å². The Hall–Kier alpha value is -1.51. The molecule has 0 saturated carbocycles. The molecule has 16 heavy (non-hydrogen) atoms. The summed E-state index contributed by atoms with van der Waals surface area (Å²) in [5, 5.41) is 9.48.